The smallest absolute Gasteiger partial charge is 0.259 e. The number of hydrogen-bond acceptors (Lipinski definition) is 5. The summed E-state index contributed by atoms with van der Waals surface area (Å²) in [6.45, 7) is 5.56. The summed E-state index contributed by atoms with van der Waals surface area (Å²) in [4.78, 5) is 24.0. The monoisotopic (exact) mass is 416 g/mol. The van der Waals surface area contributed by atoms with Crippen LogP contribution in [0.3, 0.4) is 0 Å². The molecule has 0 N–H and O–H groups in total. The highest BCUT2D eigenvalue weighted by atomic mass is 16.5. The Morgan fingerprint density at radius 1 is 1.16 bits per heavy atom. The van der Waals surface area contributed by atoms with Crippen LogP contribution in [-0.2, 0) is 5.41 Å². The number of benzene rings is 1. The SMILES string of the molecule is Cc1ccc(C(=O)N2CCC(CC3CC3)(c3noc(-c4cccnc4)n3)CC2)cc1C. The largest absolute Gasteiger partial charge is 0.339 e. The van der Waals surface area contributed by atoms with Gasteiger partial charge in [-0.25, -0.2) is 0 Å². The predicted molar refractivity (Wildman–Crippen MR) is 118 cm³/mol. The second kappa shape index (κ2) is 7.91. The molecule has 0 spiro atoms. The Hall–Kier alpha value is -3.02. The number of pyridine rings is 1. The first-order chi connectivity index (χ1) is 15.0. The molecule has 0 unspecified atom stereocenters. The Bertz CT molecular complexity index is 1080. The van der Waals surface area contributed by atoms with Gasteiger partial charge in [-0.2, -0.15) is 4.98 Å². The molecule has 31 heavy (non-hydrogen) atoms. The van der Waals surface area contributed by atoms with Crippen LogP contribution in [0.25, 0.3) is 11.5 Å². The lowest BCUT2D eigenvalue weighted by atomic mass is 9.73. The zero-order valence-electron chi connectivity index (χ0n) is 18.2. The molecule has 1 aromatic carbocycles. The zero-order chi connectivity index (χ0) is 21.4. The summed E-state index contributed by atoms with van der Waals surface area (Å²) in [5.74, 6) is 2.16. The first kappa shape index (κ1) is 19.9. The Labute approximate surface area is 182 Å². The summed E-state index contributed by atoms with van der Waals surface area (Å²) in [6.07, 6.45) is 8.84. The van der Waals surface area contributed by atoms with Crippen molar-refractivity contribution in [2.75, 3.05) is 13.1 Å². The van der Waals surface area contributed by atoms with Crippen molar-refractivity contribution in [1.29, 1.82) is 0 Å². The molecule has 3 heterocycles. The average Bonchev–Trinajstić information content (AvgIpc) is 3.46. The molecular formula is C25H28N4O2. The van der Waals surface area contributed by atoms with Crippen molar-refractivity contribution in [1.82, 2.24) is 20.0 Å². The summed E-state index contributed by atoms with van der Waals surface area (Å²) in [5, 5.41) is 4.40. The number of piperidine rings is 1. The fraction of sp³-hybridized carbons (Fsp3) is 0.440. The highest BCUT2D eigenvalue weighted by Gasteiger charge is 2.44. The molecule has 2 fully saturated rings. The number of hydrogen-bond donors (Lipinski definition) is 0. The van der Waals surface area contributed by atoms with Crippen LogP contribution in [0.15, 0.2) is 47.2 Å². The number of rotatable bonds is 5. The van der Waals surface area contributed by atoms with Crippen molar-refractivity contribution < 1.29 is 9.32 Å². The van der Waals surface area contributed by atoms with Crippen LogP contribution in [-0.4, -0.2) is 39.0 Å². The molecular weight excluding hydrogens is 388 g/mol. The van der Waals surface area contributed by atoms with Crippen molar-refractivity contribution in [3.8, 4) is 11.5 Å². The van der Waals surface area contributed by atoms with Crippen molar-refractivity contribution in [2.45, 2.75) is 51.4 Å². The van der Waals surface area contributed by atoms with Crippen molar-refractivity contribution in [3.63, 3.8) is 0 Å². The van der Waals surface area contributed by atoms with E-state index in [0.717, 1.165) is 60.8 Å². The quantitative estimate of drug-likeness (QED) is 0.602. The predicted octanol–water partition coefficient (Wildman–Crippen LogP) is 4.72. The molecule has 2 aromatic heterocycles. The first-order valence-electron chi connectivity index (χ1n) is 11.2. The van der Waals surface area contributed by atoms with E-state index in [0.29, 0.717) is 5.89 Å². The fourth-order valence-electron chi connectivity index (χ4n) is 4.63. The number of aryl methyl sites for hydroxylation is 2. The van der Waals surface area contributed by atoms with Gasteiger partial charge in [-0.1, -0.05) is 24.1 Å². The minimum Gasteiger partial charge on any atom is -0.339 e. The van der Waals surface area contributed by atoms with Gasteiger partial charge >= 0.3 is 0 Å². The normalized spacial score (nSPS) is 18.2. The minimum atomic E-state index is -0.120. The minimum absolute atomic E-state index is 0.118. The standard InChI is InChI=1S/C25H28N4O2/c1-17-5-8-20(14-18(17)2)23(30)29-12-9-25(10-13-29,15-19-6-7-19)24-27-22(31-28-24)21-4-3-11-26-16-21/h3-5,8,11,14,16,19H,6-7,9-10,12-13,15H2,1-2H3. The zero-order valence-corrected chi connectivity index (χ0v) is 18.2. The van der Waals surface area contributed by atoms with Crippen LogP contribution in [0.4, 0.5) is 0 Å². The second-order valence-electron chi connectivity index (χ2n) is 9.18. The number of carbonyl (C=O) groups excluding carboxylic acids is 1. The third kappa shape index (κ3) is 3.99. The summed E-state index contributed by atoms with van der Waals surface area (Å²) in [5.41, 5.74) is 3.85. The van der Waals surface area contributed by atoms with Crippen molar-refractivity contribution in [2.24, 2.45) is 5.92 Å². The third-order valence-corrected chi connectivity index (χ3v) is 6.95. The molecule has 1 aliphatic heterocycles. The van der Waals surface area contributed by atoms with Crippen LogP contribution >= 0.6 is 0 Å². The van der Waals surface area contributed by atoms with Crippen LogP contribution < -0.4 is 0 Å². The number of carbonyl (C=O) groups is 1. The van der Waals surface area contributed by atoms with E-state index >= 15 is 0 Å². The van der Waals surface area contributed by atoms with E-state index in [2.05, 4.69) is 24.0 Å². The van der Waals surface area contributed by atoms with Gasteiger partial charge in [0.25, 0.3) is 11.8 Å². The topological polar surface area (TPSA) is 72.1 Å². The summed E-state index contributed by atoms with van der Waals surface area (Å²) >= 11 is 0. The van der Waals surface area contributed by atoms with Gasteiger partial charge in [0.2, 0.25) is 0 Å². The number of aromatic nitrogens is 3. The van der Waals surface area contributed by atoms with Crippen LogP contribution in [0, 0.1) is 19.8 Å². The Morgan fingerprint density at radius 3 is 2.65 bits per heavy atom. The van der Waals surface area contributed by atoms with E-state index in [-0.39, 0.29) is 11.3 Å². The number of amides is 1. The molecule has 3 aromatic rings. The maximum Gasteiger partial charge on any atom is 0.259 e. The van der Waals surface area contributed by atoms with Gasteiger partial charge < -0.3 is 9.42 Å². The van der Waals surface area contributed by atoms with Gasteiger partial charge in [-0.3, -0.25) is 9.78 Å². The van der Waals surface area contributed by atoms with Crippen LogP contribution in [0.5, 0.6) is 0 Å². The Kier molecular flexibility index (Phi) is 5.08. The molecule has 6 nitrogen and oxygen atoms in total. The second-order valence-corrected chi connectivity index (χ2v) is 9.18. The maximum atomic E-state index is 13.1. The molecule has 0 radical (unpaired) electrons. The molecule has 1 saturated carbocycles. The molecule has 1 saturated heterocycles. The van der Waals surface area contributed by atoms with E-state index in [4.69, 9.17) is 9.51 Å². The van der Waals surface area contributed by atoms with Gasteiger partial charge in [-0.05, 0) is 74.4 Å². The van der Waals surface area contributed by atoms with Gasteiger partial charge in [0, 0.05) is 36.5 Å². The first-order valence-corrected chi connectivity index (χ1v) is 11.2. The lowest BCUT2D eigenvalue weighted by Crippen LogP contribution is -2.46. The highest BCUT2D eigenvalue weighted by Crippen LogP contribution is 2.47. The van der Waals surface area contributed by atoms with Crippen molar-refractivity contribution >= 4 is 5.91 Å². The Morgan fingerprint density at radius 2 is 1.97 bits per heavy atom. The van der Waals surface area contributed by atoms with E-state index in [1.54, 1.807) is 12.4 Å². The molecule has 1 aliphatic carbocycles. The molecule has 6 heteroatoms. The molecule has 2 aliphatic rings. The number of likely N-dealkylation sites (tertiary alicyclic amines) is 1. The van der Waals surface area contributed by atoms with Crippen molar-refractivity contribution in [3.05, 3.63) is 65.2 Å². The molecule has 0 bridgehead atoms. The van der Waals surface area contributed by atoms with Crippen LogP contribution in [0.2, 0.25) is 0 Å². The van der Waals surface area contributed by atoms with E-state index in [1.165, 1.54) is 18.4 Å². The van der Waals surface area contributed by atoms with Gasteiger partial charge in [0.1, 0.15) is 0 Å². The third-order valence-electron chi connectivity index (χ3n) is 6.95. The van der Waals surface area contributed by atoms with Gasteiger partial charge in [0.15, 0.2) is 5.82 Å². The Balaban J connectivity index is 1.35. The number of nitrogens with zero attached hydrogens (tertiary/aromatic N) is 4. The van der Waals surface area contributed by atoms with Gasteiger partial charge in [0.05, 0.1) is 5.56 Å². The summed E-state index contributed by atoms with van der Waals surface area (Å²) in [7, 11) is 0. The van der Waals surface area contributed by atoms with E-state index in [9.17, 15) is 4.79 Å². The van der Waals surface area contributed by atoms with E-state index in [1.807, 2.05) is 35.2 Å². The maximum absolute atomic E-state index is 13.1. The lowest BCUT2D eigenvalue weighted by molar-refractivity contribution is 0.0645. The molecule has 160 valence electrons. The molecule has 1 amide bonds. The van der Waals surface area contributed by atoms with Gasteiger partial charge in [-0.15, -0.1) is 0 Å². The molecule has 0 atom stereocenters. The van der Waals surface area contributed by atoms with E-state index < -0.39 is 0 Å². The highest BCUT2D eigenvalue weighted by molar-refractivity contribution is 5.94. The average molecular weight is 417 g/mol. The van der Waals surface area contributed by atoms with Crippen LogP contribution in [0.1, 0.15) is 59.4 Å². The lowest BCUT2D eigenvalue weighted by Gasteiger charge is -2.40. The molecule has 5 rings (SSSR count). The fourth-order valence-corrected chi connectivity index (χ4v) is 4.63. The summed E-state index contributed by atoms with van der Waals surface area (Å²) < 4.78 is 5.62. The summed E-state index contributed by atoms with van der Waals surface area (Å²) in [6, 6.07) is 9.78.